The van der Waals surface area contributed by atoms with E-state index in [1.54, 1.807) is 0 Å². The number of rotatable bonds is 4. The van der Waals surface area contributed by atoms with Crippen molar-refractivity contribution in [2.24, 2.45) is 5.92 Å². The summed E-state index contributed by atoms with van der Waals surface area (Å²) in [6.07, 6.45) is 4.09. The quantitative estimate of drug-likeness (QED) is 0.839. The Morgan fingerprint density at radius 1 is 1.53 bits per heavy atom. The second-order valence-electron chi connectivity index (χ2n) is 5.37. The predicted octanol–water partition coefficient (Wildman–Crippen LogP) is 2.34. The highest BCUT2D eigenvalue weighted by atomic mass is 32.1. The van der Waals surface area contributed by atoms with Gasteiger partial charge in [0.05, 0.1) is 18.6 Å². The first kappa shape index (κ1) is 13.3. The van der Waals surface area contributed by atoms with Crippen molar-refractivity contribution in [1.29, 1.82) is 0 Å². The minimum Gasteiger partial charge on any atom is -0.376 e. The van der Waals surface area contributed by atoms with Crippen LogP contribution in [0.2, 0.25) is 0 Å². The molecule has 1 aromatic heterocycles. The fraction of sp³-hybridized carbons (Fsp3) is 0.692. The van der Waals surface area contributed by atoms with Gasteiger partial charge in [0.2, 0.25) is 5.91 Å². The van der Waals surface area contributed by atoms with E-state index in [2.05, 4.69) is 10.3 Å². The highest BCUT2D eigenvalue weighted by molar-refractivity contribution is 7.73. The molecule has 0 bridgehead atoms. The molecule has 104 valence electrons. The summed E-state index contributed by atoms with van der Waals surface area (Å²) in [6.45, 7) is 2.73. The number of hydrogen-bond acceptors (Lipinski definition) is 4. The van der Waals surface area contributed by atoms with Gasteiger partial charge < -0.3 is 15.0 Å². The summed E-state index contributed by atoms with van der Waals surface area (Å²) in [5.41, 5.74) is 1.01. The van der Waals surface area contributed by atoms with E-state index in [1.807, 2.05) is 6.92 Å². The van der Waals surface area contributed by atoms with Gasteiger partial charge in [0.15, 0.2) is 3.95 Å². The van der Waals surface area contributed by atoms with Crippen molar-refractivity contribution in [2.75, 3.05) is 6.61 Å². The molecule has 1 aromatic rings. The average Bonchev–Trinajstić information content (AvgIpc) is 3.01. The van der Waals surface area contributed by atoms with Gasteiger partial charge in [0, 0.05) is 17.2 Å². The molecule has 4 nitrogen and oxygen atoms in total. The molecule has 2 aliphatic rings. The Labute approximate surface area is 121 Å². The zero-order valence-corrected chi connectivity index (χ0v) is 12.5. The highest BCUT2D eigenvalue weighted by Crippen LogP contribution is 2.38. The Morgan fingerprint density at radius 3 is 2.95 bits per heavy atom. The topological polar surface area (TPSA) is 54.1 Å². The van der Waals surface area contributed by atoms with Crippen LogP contribution < -0.4 is 5.32 Å². The minimum atomic E-state index is 0.0782. The molecule has 1 saturated heterocycles. The first-order valence-electron chi connectivity index (χ1n) is 6.73. The molecule has 1 aliphatic heterocycles. The van der Waals surface area contributed by atoms with E-state index in [9.17, 15) is 4.79 Å². The van der Waals surface area contributed by atoms with Crippen molar-refractivity contribution in [2.45, 2.75) is 44.8 Å². The molecule has 3 rings (SSSR count). The van der Waals surface area contributed by atoms with Crippen LogP contribution in [0.5, 0.6) is 0 Å². The van der Waals surface area contributed by atoms with Crippen LogP contribution in [0.4, 0.5) is 0 Å². The third-order valence-corrected chi connectivity index (χ3v) is 5.15. The SMILES string of the molecule is Cc1[nH]c(=S)sc1CC(=O)NC1CCOC1C1CC1. The molecule has 19 heavy (non-hydrogen) atoms. The number of hydrogen-bond donors (Lipinski definition) is 2. The van der Waals surface area contributed by atoms with Crippen molar-refractivity contribution in [3.63, 3.8) is 0 Å². The van der Waals surface area contributed by atoms with E-state index in [0.29, 0.717) is 12.3 Å². The highest BCUT2D eigenvalue weighted by Gasteiger charge is 2.41. The number of amides is 1. The molecule has 2 heterocycles. The molecule has 1 saturated carbocycles. The van der Waals surface area contributed by atoms with Gasteiger partial charge >= 0.3 is 0 Å². The number of aryl methyl sites for hydroxylation is 1. The lowest BCUT2D eigenvalue weighted by atomic mass is 10.1. The number of carbonyl (C=O) groups excluding carboxylic acids is 1. The van der Waals surface area contributed by atoms with E-state index in [4.69, 9.17) is 17.0 Å². The van der Waals surface area contributed by atoms with E-state index < -0.39 is 0 Å². The van der Waals surface area contributed by atoms with Gasteiger partial charge in [-0.05, 0) is 44.3 Å². The fourth-order valence-corrected chi connectivity index (χ4v) is 3.95. The lowest BCUT2D eigenvalue weighted by Gasteiger charge is -2.19. The molecule has 1 aliphatic carbocycles. The Morgan fingerprint density at radius 2 is 2.32 bits per heavy atom. The lowest BCUT2D eigenvalue weighted by Crippen LogP contribution is -2.42. The fourth-order valence-electron chi connectivity index (χ4n) is 2.66. The monoisotopic (exact) mass is 298 g/mol. The van der Waals surface area contributed by atoms with Crippen LogP contribution in [0.3, 0.4) is 0 Å². The van der Waals surface area contributed by atoms with E-state index in [0.717, 1.165) is 27.6 Å². The summed E-state index contributed by atoms with van der Waals surface area (Å²) >= 11 is 6.58. The molecule has 6 heteroatoms. The zero-order chi connectivity index (χ0) is 13.4. The van der Waals surface area contributed by atoms with Crippen LogP contribution in [-0.2, 0) is 16.0 Å². The molecule has 2 unspecified atom stereocenters. The Kier molecular flexibility index (Phi) is 3.73. The third kappa shape index (κ3) is 3.07. The van der Waals surface area contributed by atoms with Gasteiger partial charge in [-0.2, -0.15) is 0 Å². The summed E-state index contributed by atoms with van der Waals surface area (Å²) in [7, 11) is 0. The van der Waals surface area contributed by atoms with Gasteiger partial charge in [-0.15, -0.1) is 11.3 Å². The molecule has 2 fully saturated rings. The van der Waals surface area contributed by atoms with Gasteiger partial charge in [0.25, 0.3) is 0 Å². The number of ether oxygens (including phenoxy) is 1. The van der Waals surface area contributed by atoms with Crippen LogP contribution in [-0.4, -0.2) is 29.6 Å². The smallest absolute Gasteiger partial charge is 0.225 e. The number of aromatic nitrogens is 1. The molecule has 0 radical (unpaired) electrons. The molecular weight excluding hydrogens is 280 g/mol. The third-order valence-electron chi connectivity index (χ3n) is 3.81. The molecular formula is C13H18N2O2S2. The van der Waals surface area contributed by atoms with E-state index in [-0.39, 0.29) is 18.1 Å². The van der Waals surface area contributed by atoms with Crippen molar-refractivity contribution in [3.05, 3.63) is 14.5 Å². The second kappa shape index (κ2) is 5.34. The zero-order valence-electron chi connectivity index (χ0n) is 10.9. The molecule has 2 atom stereocenters. The maximum absolute atomic E-state index is 12.1. The van der Waals surface area contributed by atoms with Gasteiger partial charge in [-0.25, -0.2) is 0 Å². The standard InChI is InChI=1S/C13H18N2O2S2/c1-7-10(19-13(18)14-7)6-11(16)15-9-4-5-17-12(9)8-2-3-8/h8-9,12H,2-6H2,1H3,(H,14,18)(H,15,16). The number of H-pyrrole nitrogens is 1. The average molecular weight is 298 g/mol. The summed E-state index contributed by atoms with van der Waals surface area (Å²) < 4.78 is 6.47. The molecule has 0 spiro atoms. The number of carbonyl (C=O) groups is 1. The Hall–Kier alpha value is -0.720. The van der Waals surface area contributed by atoms with Crippen molar-refractivity contribution < 1.29 is 9.53 Å². The van der Waals surface area contributed by atoms with Crippen molar-refractivity contribution in [1.82, 2.24) is 10.3 Å². The van der Waals surface area contributed by atoms with E-state index >= 15 is 0 Å². The number of nitrogens with one attached hydrogen (secondary N) is 2. The van der Waals surface area contributed by atoms with Gasteiger partial charge in [0.1, 0.15) is 0 Å². The van der Waals surface area contributed by atoms with Crippen LogP contribution in [0.1, 0.15) is 29.8 Å². The summed E-state index contributed by atoms with van der Waals surface area (Å²) in [5, 5.41) is 3.13. The van der Waals surface area contributed by atoms with Crippen LogP contribution in [0, 0.1) is 16.8 Å². The Bertz CT molecular complexity index is 533. The van der Waals surface area contributed by atoms with Crippen LogP contribution in [0.25, 0.3) is 0 Å². The predicted molar refractivity (Wildman–Crippen MR) is 77.0 cm³/mol. The van der Waals surface area contributed by atoms with Gasteiger partial charge in [-0.1, -0.05) is 0 Å². The largest absolute Gasteiger partial charge is 0.376 e. The first-order valence-corrected chi connectivity index (χ1v) is 7.95. The van der Waals surface area contributed by atoms with Crippen LogP contribution >= 0.6 is 23.6 Å². The Balaban J connectivity index is 1.59. The lowest BCUT2D eigenvalue weighted by molar-refractivity contribution is -0.121. The number of thiazole rings is 1. The molecule has 2 N–H and O–H groups in total. The van der Waals surface area contributed by atoms with E-state index in [1.165, 1.54) is 24.2 Å². The molecule has 0 aromatic carbocycles. The summed E-state index contributed by atoms with van der Waals surface area (Å²) in [5.74, 6) is 0.748. The van der Waals surface area contributed by atoms with Gasteiger partial charge in [-0.3, -0.25) is 4.79 Å². The number of aromatic amines is 1. The maximum atomic E-state index is 12.1. The first-order chi connectivity index (χ1) is 9.13. The maximum Gasteiger partial charge on any atom is 0.225 e. The second-order valence-corrected chi connectivity index (χ2v) is 7.15. The summed E-state index contributed by atoms with van der Waals surface area (Å²) in [4.78, 5) is 16.2. The normalized spacial score (nSPS) is 26.6. The molecule has 1 amide bonds. The minimum absolute atomic E-state index is 0.0782. The van der Waals surface area contributed by atoms with Crippen molar-refractivity contribution in [3.8, 4) is 0 Å². The van der Waals surface area contributed by atoms with Crippen LogP contribution in [0.15, 0.2) is 0 Å². The summed E-state index contributed by atoms with van der Waals surface area (Å²) in [6, 6.07) is 0.201. The van der Waals surface area contributed by atoms with Crippen molar-refractivity contribution >= 4 is 29.5 Å².